The highest BCUT2D eigenvalue weighted by Gasteiger charge is 2.19. The molecule has 1 amide bonds. The van der Waals surface area contributed by atoms with Crippen LogP contribution in [-0.2, 0) is 4.79 Å². The molecule has 2 aromatic carbocycles. The van der Waals surface area contributed by atoms with Crippen LogP contribution in [0.1, 0.15) is 13.9 Å². The van der Waals surface area contributed by atoms with Crippen LogP contribution >= 0.6 is 11.9 Å². The van der Waals surface area contributed by atoms with E-state index in [-0.39, 0.29) is 7.33 Å². The maximum absolute atomic E-state index is 12.4. The van der Waals surface area contributed by atoms with Gasteiger partial charge in [-0.2, -0.15) is 4.83 Å². The molecule has 142 valence electrons. The van der Waals surface area contributed by atoms with Crippen LogP contribution in [0, 0.1) is 6.92 Å². The van der Waals surface area contributed by atoms with Crippen molar-refractivity contribution in [2.75, 3.05) is 5.32 Å². The van der Waals surface area contributed by atoms with Crippen molar-refractivity contribution >= 4 is 23.5 Å². The Balaban J connectivity index is 0.00000240. The molecule has 0 aliphatic carbocycles. The normalized spacial score (nSPS) is 13.4. The molecule has 1 aliphatic rings. The van der Waals surface area contributed by atoms with Crippen molar-refractivity contribution in [3.63, 3.8) is 0 Å². The standard InChI is InChI=1S/C22H20N4OS.H2/c1-14-6-7-17(20-5-3-4-12-23-20)13-19(14)16-8-10-18(11-9-16)24-22(27)21-15(2)25-26-28-21;/h3-13,25-26H,1-2H3,(H,24,27);1H. The first-order chi connectivity index (χ1) is 13.6. The molecule has 28 heavy (non-hydrogen) atoms. The molecular formula is C22H22N4OS. The van der Waals surface area contributed by atoms with Gasteiger partial charge in [-0.1, -0.05) is 30.3 Å². The number of hydrogen-bond donors (Lipinski definition) is 3. The first-order valence-corrected chi connectivity index (χ1v) is 9.76. The Labute approximate surface area is 169 Å². The smallest absolute Gasteiger partial charge is 0.265 e. The summed E-state index contributed by atoms with van der Waals surface area (Å²) in [5.74, 6) is -0.124. The molecule has 0 atom stereocenters. The second kappa shape index (κ2) is 7.88. The zero-order valence-corrected chi connectivity index (χ0v) is 16.4. The lowest BCUT2D eigenvalue weighted by Crippen LogP contribution is -2.16. The monoisotopic (exact) mass is 390 g/mol. The van der Waals surface area contributed by atoms with Crippen molar-refractivity contribution in [1.29, 1.82) is 0 Å². The first-order valence-electron chi connectivity index (χ1n) is 8.94. The van der Waals surface area contributed by atoms with Gasteiger partial charge in [0.05, 0.1) is 5.69 Å². The fourth-order valence-electron chi connectivity index (χ4n) is 3.05. The fraction of sp³-hybridized carbons (Fsp3) is 0.0909. The maximum Gasteiger partial charge on any atom is 0.265 e. The Kier molecular flexibility index (Phi) is 5.14. The van der Waals surface area contributed by atoms with E-state index in [9.17, 15) is 4.79 Å². The molecule has 0 fully saturated rings. The quantitative estimate of drug-likeness (QED) is 0.553. The van der Waals surface area contributed by atoms with Crippen LogP contribution < -0.4 is 15.6 Å². The van der Waals surface area contributed by atoms with Crippen LogP contribution in [0.5, 0.6) is 0 Å². The molecule has 0 bridgehead atoms. The fourth-order valence-corrected chi connectivity index (χ4v) is 3.70. The molecule has 1 aliphatic heterocycles. The van der Waals surface area contributed by atoms with E-state index in [0.717, 1.165) is 33.8 Å². The van der Waals surface area contributed by atoms with Crippen LogP contribution in [0.4, 0.5) is 5.69 Å². The number of anilines is 1. The van der Waals surface area contributed by atoms with Gasteiger partial charge in [-0.25, -0.2) is 0 Å². The third-order valence-electron chi connectivity index (χ3n) is 4.59. The van der Waals surface area contributed by atoms with Crippen LogP contribution in [0.25, 0.3) is 22.4 Å². The Morgan fingerprint density at radius 1 is 1.04 bits per heavy atom. The number of aryl methyl sites for hydroxylation is 1. The van der Waals surface area contributed by atoms with Gasteiger partial charge in [-0.3, -0.25) is 9.78 Å². The SMILES string of the molecule is CC1=C(C(=O)Nc2ccc(-c3cc(-c4ccccn4)ccc3C)cc2)SNN1.[HH]. The summed E-state index contributed by atoms with van der Waals surface area (Å²) in [5.41, 5.74) is 9.98. The van der Waals surface area contributed by atoms with Crippen LogP contribution in [0.2, 0.25) is 0 Å². The number of amides is 1. The van der Waals surface area contributed by atoms with Crippen molar-refractivity contribution < 1.29 is 6.22 Å². The number of rotatable bonds is 4. The molecule has 4 rings (SSSR count). The van der Waals surface area contributed by atoms with Crippen molar-refractivity contribution in [3.05, 3.63) is 83.0 Å². The van der Waals surface area contributed by atoms with Crippen LogP contribution in [0.15, 0.2) is 77.5 Å². The average molecular weight is 391 g/mol. The van der Waals surface area contributed by atoms with E-state index in [1.807, 2.05) is 49.4 Å². The van der Waals surface area contributed by atoms with Gasteiger partial charge in [0.2, 0.25) is 0 Å². The summed E-state index contributed by atoms with van der Waals surface area (Å²) in [6.45, 7) is 3.96. The molecule has 5 nitrogen and oxygen atoms in total. The van der Waals surface area contributed by atoms with E-state index in [1.54, 1.807) is 6.20 Å². The molecule has 0 spiro atoms. The molecular weight excluding hydrogens is 368 g/mol. The van der Waals surface area contributed by atoms with E-state index in [0.29, 0.717) is 4.91 Å². The molecule has 3 N–H and O–H groups in total. The zero-order valence-electron chi connectivity index (χ0n) is 15.6. The van der Waals surface area contributed by atoms with Gasteiger partial charge in [-0.05, 0) is 72.8 Å². The molecule has 1 aromatic heterocycles. The first kappa shape index (κ1) is 18.3. The van der Waals surface area contributed by atoms with Gasteiger partial charge in [0, 0.05) is 24.6 Å². The Hall–Kier alpha value is -3.09. The third kappa shape index (κ3) is 3.78. The highest BCUT2D eigenvalue weighted by Crippen LogP contribution is 2.30. The molecule has 0 unspecified atom stereocenters. The number of allylic oxidation sites excluding steroid dienone is 1. The number of nitrogens with one attached hydrogen (secondary N) is 3. The molecule has 0 radical (unpaired) electrons. The summed E-state index contributed by atoms with van der Waals surface area (Å²) in [7, 11) is 0. The Morgan fingerprint density at radius 3 is 2.50 bits per heavy atom. The van der Waals surface area contributed by atoms with Crippen molar-refractivity contribution in [2.24, 2.45) is 0 Å². The molecule has 0 saturated heterocycles. The topological polar surface area (TPSA) is 66.0 Å². The number of aromatic nitrogens is 1. The minimum Gasteiger partial charge on any atom is -0.321 e. The van der Waals surface area contributed by atoms with Crippen LogP contribution in [-0.4, -0.2) is 10.9 Å². The highest BCUT2D eigenvalue weighted by molar-refractivity contribution is 8.02. The number of benzene rings is 2. The summed E-state index contributed by atoms with van der Waals surface area (Å²) in [6, 6.07) is 20.2. The number of nitrogens with zero attached hydrogens (tertiary/aromatic N) is 1. The van der Waals surface area contributed by atoms with Crippen molar-refractivity contribution in [1.82, 2.24) is 15.2 Å². The third-order valence-corrected chi connectivity index (χ3v) is 5.49. The second-order valence-electron chi connectivity index (χ2n) is 6.56. The number of hydrogen-bond acceptors (Lipinski definition) is 5. The van der Waals surface area contributed by atoms with Gasteiger partial charge < -0.3 is 10.7 Å². The molecule has 6 heteroatoms. The highest BCUT2D eigenvalue weighted by atomic mass is 32.2. The zero-order chi connectivity index (χ0) is 19.5. The minimum absolute atomic E-state index is 0. The van der Waals surface area contributed by atoms with Gasteiger partial charge in [0.15, 0.2) is 0 Å². The second-order valence-corrected chi connectivity index (χ2v) is 7.38. The van der Waals surface area contributed by atoms with Crippen molar-refractivity contribution in [2.45, 2.75) is 13.8 Å². The predicted molar refractivity (Wildman–Crippen MR) is 117 cm³/mol. The predicted octanol–water partition coefficient (Wildman–Crippen LogP) is 4.90. The van der Waals surface area contributed by atoms with E-state index in [4.69, 9.17) is 0 Å². The lowest BCUT2D eigenvalue weighted by atomic mass is 9.96. The average Bonchev–Trinajstić information content (AvgIpc) is 3.16. The summed E-state index contributed by atoms with van der Waals surface area (Å²) in [4.78, 5) is 20.3. The van der Waals surface area contributed by atoms with Gasteiger partial charge in [0.1, 0.15) is 4.91 Å². The largest absolute Gasteiger partial charge is 0.321 e. The van der Waals surface area contributed by atoms with Gasteiger partial charge in [0.25, 0.3) is 5.91 Å². The lowest BCUT2D eigenvalue weighted by molar-refractivity contribution is -0.112. The Bertz CT molecular complexity index is 1050. The number of pyridine rings is 1. The maximum atomic E-state index is 12.4. The number of carbonyl (C=O) groups is 1. The van der Waals surface area contributed by atoms with Gasteiger partial charge >= 0.3 is 0 Å². The number of carbonyl (C=O) groups excluding carboxylic acids is 1. The summed E-state index contributed by atoms with van der Waals surface area (Å²) in [5, 5.41) is 2.94. The van der Waals surface area contributed by atoms with E-state index in [1.165, 1.54) is 17.5 Å². The van der Waals surface area contributed by atoms with E-state index >= 15 is 0 Å². The molecule has 3 aromatic rings. The summed E-state index contributed by atoms with van der Waals surface area (Å²) >= 11 is 1.28. The summed E-state index contributed by atoms with van der Waals surface area (Å²) in [6.07, 6.45) is 1.80. The number of hydrazine groups is 1. The van der Waals surface area contributed by atoms with Crippen LogP contribution in [0.3, 0.4) is 0 Å². The van der Waals surface area contributed by atoms with E-state index < -0.39 is 0 Å². The van der Waals surface area contributed by atoms with Gasteiger partial charge in [-0.15, -0.1) is 0 Å². The summed E-state index contributed by atoms with van der Waals surface area (Å²) < 4.78 is 0. The lowest BCUT2D eigenvalue weighted by Gasteiger charge is -2.11. The van der Waals surface area contributed by atoms with E-state index in [2.05, 4.69) is 45.7 Å². The minimum atomic E-state index is -0.124. The molecule has 0 saturated carbocycles. The Morgan fingerprint density at radius 2 is 1.82 bits per heavy atom. The van der Waals surface area contributed by atoms with Crippen molar-refractivity contribution in [3.8, 4) is 22.4 Å². The molecule has 2 heterocycles.